The van der Waals surface area contributed by atoms with Gasteiger partial charge in [-0.05, 0) is 35.9 Å². The number of anilines is 1. The van der Waals surface area contributed by atoms with Crippen LogP contribution in [0.25, 0.3) is 0 Å². The molecule has 7 heteroatoms. The molecule has 7 nitrogen and oxygen atoms in total. The molecule has 0 aliphatic heterocycles. The van der Waals surface area contributed by atoms with Gasteiger partial charge in [0, 0.05) is 18.3 Å². The molecule has 0 fully saturated rings. The summed E-state index contributed by atoms with van der Waals surface area (Å²) < 4.78 is 4.94. The minimum Gasteiger partial charge on any atom is -0.452 e. The first-order valence-corrected chi connectivity index (χ1v) is 7.52. The topological polar surface area (TPSA) is 105 Å². The maximum atomic E-state index is 11.9. The third-order valence-electron chi connectivity index (χ3n) is 3.34. The lowest BCUT2D eigenvalue weighted by atomic mass is 10.1. The van der Waals surface area contributed by atoms with Crippen LogP contribution in [0.3, 0.4) is 0 Å². The number of hydrogen-bond donors (Lipinski definition) is 3. The molecule has 0 atom stereocenters. The van der Waals surface area contributed by atoms with Crippen molar-refractivity contribution in [1.82, 2.24) is 5.32 Å². The van der Waals surface area contributed by atoms with Gasteiger partial charge in [0.2, 0.25) is 0 Å². The second-order valence-corrected chi connectivity index (χ2v) is 5.14. The van der Waals surface area contributed by atoms with Crippen LogP contribution in [0, 0.1) is 0 Å². The number of ether oxygens (including phenoxy) is 1. The van der Waals surface area contributed by atoms with Gasteiger partial charge >= 0.3 is 5.97 Å². The minimum absolute atomic E-state index is 0.118. The van der Waals surface area contributed by atoms with Gasteiger partial charge < -0.3 is 20.5 Å². The zero-order chi connectivity index (χ0) is 18.2. The second kappa shape index (κ2) is 8.60. The van der Waals surface area contributed by atoms with Crippen LogP contribution in [0.5, 0.6) is 0 Å². The molecule has 2 aromatic carbocycles. The van der Waals surface area contributed by atoms with Gasteiger partial charge in [-0.2, -0.15) is 0 Å². The predicted octanol–water partition coefficient (Wildman–Crippen LogP) is 1.33. The van der Waals surface area contributed by atoms with E-state index < -0.39 is 18.5 Å². The highest BCUT2D eigenvalue weighted by molar-refractivity contribution is 5.98. The SMILES string of the molecule is CNC(=O)c1cccc(NC(=O)COC(=O)c2ccc(CO)cc2)c1. The van der Waals surface area contributed by atoms with Crippen molar-refractivity contribution < 1.29 is 24.2 Å². The van der Waals surface area contributed by atoms with Gasteiger partial charge in [0.1, 0.15) is 0 Å². The van der Waals surface area contributed by atoms with E-state index in [1.807, 2.05) is 0 Å². The zero-order valence-electron chi connectivity index (χ0n) is 13.6. The predicted molar refractivity (Wildman–Crippen MR) is 91.1 cm³/mol. The number of hydrogen-bond acceptors (Lipinski definition) is 5. The lowest BCUT2D eigenvalue weighted by Gasteiger charge is -2.08. The molecule has 2 aromatic rings. The number of aliphatic hydroxyl groups excluding tert-OH is 1. The fraction of sp³-hybridized carbons (Fsp3) is 0.167. The number of rotatable bonds is 6. The Kier molecular flexibility index (Phi) is 6.25. The van der Waals surface area contributed by atoms with E-state index in [4.69, 9.17) is 9.84 Å². The van der Waals surface area contributed by atoms with E-state index in [9.17, 15) is 14.4 Å². The molecule has 0 heterocycles. The Labute approximate surface area is 144 Å². The highest BCUT2D eigenvalue weighted by Crippen LogP contribution is 2.11. The van der Waals surface area contributed by atoms with Gasteiger partial charge in [-0.15, -0.1) is 0 Å². The maximum Gasteiger partial charge on any atom is 0.338 e. The highest BCUT2D eigenvalue weighted by Gasteiger charge is 2.11. The van der Waals surface area contributed by atoms with Crippen molar-refractivity contribution in [2.24, 2.45) is 0 Å². The summed E-state index contributed by atoms with van der Waals surface area (Å²) >= 11 is 0. The number of carbonyl (C=O) groups is 3. The standard InChI is InChI=1S/C18H18N2O5/c1-19-17(23)14-3-2-4-15(9-14)20-16(22)11-25-18(24)13-7-5-12(10-21)6-8-13/h2-9,21H,10-11H2,1H3,(H,19,23)(H,20,22). The van der Waals surface area contributed by atoms with Gasteiger partial charge in [0.25, 0.3) is 11.8 Å². The van der Waals surface area contributed by atoms with E-state index in [0.29, 0.717) is 16.8 Å². The lowest BCUT2D eigenvalue weighted by Crippen LogP contribution is -2.22. The largest absolute Gasteiger partial charge is 0.452 e. The van der Waals surface area contributed by atoms with E-state index in [2.05, 4.69) is 10.6 Å². The van der Waals surface area contributed by atoms with Gasteiger partial charge in [-0.1, -0.05) is 18.2 Å². The average Bonchev–Trinajstić information content (AvgIpc) is 2.65. The van der Waals surface area contributed by atoms with Crippen molar-refractivity contribution >= 4 is 23.5 Å². The van der Waals surface area contributed by atoms with Crippen molar-refractivity contribution in [2.45, 2.75) is 6.61 Å². The van der Waals surface area contributed by atoms with Crippen LogP contribution in [0.1, 0.15) is 26.3 Å². The van der Waals surface area contributed by atoms with Gasteiger partial charge in [-0.3, -0.25) is 9.59 Å². The molecule has 0 radical (unpaired) electrons. The summed E-state index contributed by atoms with van der Waals surface area (Å²) in [6.07, 6.45) is 0. The molecular weight excluding hydrogens is 324 g/mol. The lowest BCUT2D eigenvalue weighted by molar-refractivity contribution is -0.119. The monoisotopic (exact) mass is 342 g/mol. The number of benzene rings is 2. The summed E-state index contributed by atoms with van der Waals surface area (Å²) in [5, 5.41) is 14.0. The van der Waals surface area contributed by atoms with Gasteiger partial charge in [-0.25, -0.2) is 4.79 Å². The van der Waals surface area contributed by atoms with Crippen LogP contribution >= 0.6 is 0 Å². The molecule has 0 aliphatic rings. The van der Waals surface area contributed by atoms with E-state index in [-0.39, 0.29) is 18.1 Å². The number of carbonyl (C=O) groups excluding carboxylic acids is 3. The fourth-order valence-electron chi connectivity index (χ4n) is 2.04. The molecule has 0 aromatic heterocycles. The van der Waals surface area contributed by atoms with Crippen LogP contribution in [0.4, 0.5) is 5.69 Å². The molecule has 0 unspecified atom stereocenters. The molecular formula is C18H18N2O5. The Hall–Kier alpha value is -3.19. The molecule has 0 aliphatic carbocycles. The third-order valence-corrected chi connectivity index (χ3v) is 3.34. The minimum atomic E-state index is -0.640. The smallest absolute Gasteiger partial charge is 0.338 e. The van der Waals surface area contributed by atoms with Crippen LogP contribution < -0.4 is 10.6 Å². The summed E-state index contributed by atoms with van der Waals surface area (Å²) in [6.45, 7) is -0.572. The summed E-state index contributed by atoms with van der Waals surface area (Å²) in [7, 11) is 1.51. The Bertz CT molecular complexity index is 771. The van der Waals surface area contributed by atoms with Crippen LogP contribution in [-0.2, 0) is 16.1 Å². The Morgan fingerprint density at radius 2 is 1.76 bits per heavy atom. The summed E-state index contributed by atoms with van der Waals surface area (Å²) in [5.74, 6) is -1.43. The van der Waals surface area contributed by atoms with Crippen molar-refractivity contribution in [3.63, 3.8) is 0 Å². The van der Waals surface area contributed by atoms with E-state index >= 15 is 0 Å². The fourth-order valence-corrected chi connectivity index (χ4v) is 2.04. The first kappa shape index (κ1) is 18.2. The summed E-state index contributed by atoms with van der Waals surface area (Å²) in [4.78, 5) is 35.3. The molecule has 3 N–H and O–H groups in total. The molecule has 2 rings (SSSR count). The summed E-state index contributed by atoms with van der Waals surface area (Å²) in [6, 6.07) is 12.6. The van der Waals surface area contributed by atoms with E-state index in [1.165, 1.54) is 25.2 Å². The molecule has 0 saturated carbocycles. The van der Waals surface area contributed by atoms with Crippen LogP contribution in [0.15, 0.2) is 48.5 Å². The van der Waals surface area contributed by atoms with E-state index in [0.717, 1.165) is 0 Å². The number of amides is 2. The highest BCUT2D eigenvalue weighted by atomic mass is 16.5. The Morgan fingerprint density at radius 3 is 2.40 bits per heavy atom. The normalized spacial score (nSPS) is 10.0. The first-order chi connectivity index (χ1) is 12.0. The first-order valence-electron chi connectivity index (χ1n) is 7.52. The second-order valence-electron chi connectivity index (χ2n) is 5.14. The van der Waals surface area contributed by atoms with Crippen LogP contribution in [0.2, 0.25) is 0 Å². The maximum absolute atomic E-state index is 11.9. The van der Waals surface area contributed by atoms with Gasteiger partial charge in [0.05, 0.1) is 12.2 Å². The van der Waals surface area contributed by atoms with Gasteiger partial charge in [0.15, 0.2) is 6.61 Å². The molecule has 0 bridgehead atoms. The van der Waals surface area contributed by atoms with E-state index in [1.54, 1.807) is 30.3 Å². The molecule has 2 amide bonds. The molecule has 130 valence electrons. The number of nitrogens with one attached hydrogen (secondary N) is 2. The van der Waals surface area contributed by atoms with Crippen LogP contribution in [-0.4, -0.2) is 36.5 Å². The zero-order valence-corrected chi connectivity index (χ0v) is 13.6. The number of esters is 1. The quantitative estimate of drug-likeness (QED) is 0.687. The van der Waals surface area contributed by atoms with Crippen molar-refractivity contribution in [1.29, 1.82) is 0 Å². The summed E-state index contributed by atoms with van der Waals surface area (Å²) in [5.41, 5.74) is 1.78. The average molecular weight is 342 g/mol. The molecule has 0 saturated heterocycles. The van der Waals surface area contributed by atoms with Crippen molar-refractivity contribution in [3.8, 4) is 0 Å². The molecule has 0 spiro atoms. The molecule has 25 heavy (non-hydrogen) atoms. The third kappa shape index (κ3) is 5.15. The van der Waals surface area contributed by atoms with Crippen molar-refractivity contribution in [3.05, 3.63) is 65.2 Å². The Morgan fingerprint density at radius 1 is 1.04 bits per heavy atom. The van der Waals surface area contributed by atoms with Crippen molar-refractivity contribution in [2.75, 3.05) is 19.0 Å². The Balaban J connectivity index is 1.89. The number of aliphatic hydroxyl groups is 1.